The van der Waals surface area contributed by atoms with Crippen LogP contribution in [-0.2, 0) is 14.3 Å². The number of benzene rings is 2. The van der Waals surface area contributed by atoms with Crippen LogP contribution in [0.3, 0.4) is 0 Å². The molecule has 180 valence electrons. The molecule has 2 aliphatic rings. The number of aliphatic carboxylic acids is 1. The predicted octanol–water partition coefficient (Wildman–Crippen LogP) is 4.46. The Morgan fingerprint density at radius 3 is 2.29 bits per heavy atom. The number of nitrogens with one attached hydrogen (secondary N) is 2. The van der Waals surface area contributed by atoms with E-state index in [0.29, 0.717) is 25.8 Å². The van der Waals surface area contributed by atoms with Gasteiger partial charge in [0.2, 0.25) is 5.91 Å². The number of carboxylic acids is 1. The smallest absolute Gasteiger partial charge is 0.407 e. The highest BCUT2D eigenvalue weighted by atomic mass is 16.5. The number of alkyl carbamates (subject to hydrolysis) is 1. The third-order valence-electron chi connectivity index (χ3n) is 6.89. The van der Waals surface area contributed by atoms with E-state index in [4.69, 9.17) is 9.84 Å². The molecule has 0 heterocycles. The van der Waals surface area contributed by atoms with E-state index in [0.717, 1.165) is 19.3 Å². The molecule has 7 heteroatoms. The van der Waals surface area contributed by atoms with E-state index in [-0.39, 0.29) is 36.8 Å². The van der Waals surface area contributed by atoms with E-state index in [1.807, 2.05) is 24.3 Å². The Labute approximate surface area is 199 Å². The molecule has 0 saturated heterocycles. The van der Waals surface area contributed by atoms with Crippen molar-refractivity contribution in [2.24, 2.45) is 5.92 Å². The minimum absolute atomic E-state index is 0.0247. The van der Waals surface area contributed by atoms with Gasteiger partial charge in [-0.1, -0.05) is 55.0 Å². The van der Waals surface area contributed by atoms with Crippen molar-refractivity contribution >= 4 is 18.0 Å². The monoisotopic (exact) mass is 464 g/mol. The molecule has 1 saturated carbocycles. The Morgan fingerprint density at radius 2 is 1.62 bits per heavy atom. The van der Waals surface area contributed by atoms with Crippen LogP contribution >= 0.6 is 0 Å². The third kappa shape index (κ3) is 5.76. The second-order valence-electron chi connectivity index (χ2n) is 9.17. The molecule has 34 heavy (non-hydrogen) atoms. The van der Waals surface area contributed by atoms with Gasteiger partial charge in [0.25, 0.3) is 0 Å². The van der Waals surface area contributed by atoms with Gasteiger partial charge in [0, 0.05) is 24.9 Å². The molecule has 2 amide bonds. The van der Waals surface area contributed by atoms with Crippen molar-refractivity contribution in [1.29, 1.82) is 0 Å². The largest absolute Gasteiger partial charge is 0.481 e. The van der Waals surface area contributed by atoms with Gasteiger partial charge in [0.1, 0.15) is 6.61 Å². The first-order chi connectivity index (χ1) is 16.5. The van der Waals surface area contributed by atoms with Gasteiger partial charge in [0.05, 0.1) is 6.42 Å². The van der Waals surface area contributed by atoms with E-state index in [2.05, 4.69) is 34.9 Å². The summed E-state index contributed by atoms with van der Waals surface area (Å²) in [5.41, 5.74) is 4.74. The summed E-state index contributed by atoms with van der Waals surface area (Å²) in [7, 11) is 0. The van der Waals surface area contributed by atoms with Gasteiger partial charge in [-0.25, -0.2) is 4.79 Å². The van der Waals surface area contributed by atoms with Crippen molar-refractivity contribution in [1.82, 2.24) is 10.6 Å². The van der Waals surface area contributed by atoms with Crippen LogP contribution < -0.4 is 10.6 Å². The molecule has 0 spiro atoms. The molecule has 0 aromatic heterocycles. The van der Waals surface area contributed by atoms with Crippen molar-refractivity contribution in [3.8, 4) is 11.1 Å². The number of unbranched alkanes of at least 4 members (excludes halogenated alkanes) is 1. The highest BCUT2D eigenvalue weighted by Gasteiger charge is 2.30. The molecule has 0 unspecified atom stereocenters. The molecule has 2 aromatic carbocycles. The fourth-order valence-corrected chi connectivity index (χ4v) is 5.22. The minimum atomic E-state index is -0.814. The van der Waals surface area contributed by atoms with Crippen LogP contribution in [0.15, 0.2) is 48.5 Å². The Bertz CT molecular complexity index is 992. The normalized spacial score (nSPS) is 18.7. The zero-order valence-corrected chi connectivity index (χ0v) is 19.3. The number of carboxylic acid groups (broad SMARTS) is 1. The second-order valence-corrected chi connectivity index (χ2v) is 9.17. The minimum Gasteiger partial charge on any atom is -0.481 e. The van der Waals surface area contributed by atoms with E-state index in [1.54, 1.807) is 0 Å². The van der Waals surface area contributed by atoms with E-state index < -0.39 is 12.1 Å². The lowest BCUT2D eigenvalue weighted by molar-refractivity contribution is -0.138. The van der Waals surface area contributed by atoms with Gasteiger partial charge < -0.3 is 20.5 Å². The summed E-state index contributed by atoms with van der Waals surface area (Å²) in [6, 6.07) is 16.4. The second kappa shape index (κ2) is 11.2. The lowest BCUT2D eigenvalue weighted by Gasteiger charge is -2.19. The van der Waals surface area contributed by atoms with Crippen LogP contribution in [-0.4, -0.2) is 42.3 Å². The van der Waals surface area contributed by atoms with Crippen LogP contribution in [0.2, 0.25) is 0 Å². The molecule has 2 atom stereocenters. The summed E-state index contributed by atoms with van der Waals surface area (Å²) >= 11 is 0. The lowest BCUT2D eigenvalue weighted by atomic mass is 9.98. The Kier molecular flexibility index (Phi) is 7.83. The molecule has 4 rings (SSSR count). The quantitative estimate of drug-likeness (QED) is 0.451. The first kappa shape index (κ1) is 23.8. The molecular formula is C27H32N2O5. The fraction of sp³-hybridized carbons (Fsp3) is 0.444. The molecule has 2 aromatic rings. The first-order valence-electron chi connectivity index (χ1n) is 12.1. The Hall–Kier alpha value is -3.35. The molecule has 7 nitrogen and oxygen atoms in total. The maximum Gasteiger partial charge on any atom is 0.407 e. The topological polar surface area (TPSA) is 105 Å². The molecule has 0 radical (unpaired) electrons. The van der Waals surface area contributed by atoms with Crippen LogP contribution in [0, 0.1) is 5.92 Å². The van der Waals surface area contributed by atoms with Crippen LogP contribution in [0.25, 0.3) is 11.1 Å². The zero-order valence-electron chi connectivity index (χ0n) is 19.3. The lowest BCUT2D eigenvalue weighted by Crippen LogP contribution is -2.38. The number of carbonyl (C=O) groups is 3. The molecule has 1 fully saturated rings. The summed E-state index contributed by atoms with van der Waals surface area (Å²) < 4.78 is 5.52. The molecule has 2 aliphatic carbocycles. The average Bonchev–Trinajstić information content (AvgIpc) is 3.38. The highest BCUT2D eigenvalue weighted by molar-refractivity contribution is 5.79. The molecule has 0 bridgehead atoms. The fourth-order valence-electron chi connectivity index (χ4n) is 5.22. The van der Waals surface area contributed by atoms with Crippen LogP contribution in [0.1, 0.15) is 62.0 Å². The van der Waals surface area contributed by atoms with Gasteiger partial charge >= 0.3 is 12.1 Å². The van der Waals surface area contributed by atoms with Crippen molar-refractivity contribution in [3.05, 3.63) is 59.7 Å². The predicted molar refractivity (Wildman–Crippen MR) is 128 cm³/mol. The number of fused-ring (bicyclic) bond motifs is 3. The summed E-state index contributed by atoms with van der Waals surface area (Å²) in [4.78, 5) is 35.4. The first-order valence-corrected chi connectivity index (χ1v) is 12.1. The number of hydrogen-bond donors (Lipinski definition) is 3. The van der Waals surface area contributed by atoms with Gasteiger partial charge in [-0.05, 0) is 53.9 Å². The van der Waals surface area contributed by atoms with E-state index in [1.165, 1.54) is 22.3 Å². The summed E-state index contributed by atoms with van der Waals surface area (Å²) in [5.74, 6) is -0.812. The van der Waals surface area contributed by atoms with E-state index in [9.17, 15) is 14.4 Å². The SMILES string of the molecule is O=C(O)C[C@@H]1CCC[C@H]1NC(=O)CCCCNC(=O)OCC1c2ccccc2-c2ccccc21. The van der Waals surface area contributed by atoms with Gasteiger partial charge in [-0.2, -0.15) is 0 Å². The summed E-state index contributed by atoms with van der Waals surface area (Å²) in [5, 5.41) is 14.8. The van der Waals surface area contributed by atoms with Gasteiger partial charge in [-0.3, -0.25) is 9.59 Å². The summed E-state index contributed by atoms with van der Waals surface area (Å²) in [6.45, 7) is 0.718. The molecule has 3 N–H and O–H groups in total. The highest BCUT2D eigenvalue weighted by Crippen LogP contribution is 2.44. The van der Waals surface area contributed by atoms with Crippen LogP contribution in [0.4, 0.5) is 4.79 Å². The Balaban J connectivity index is 1.14. The van der Waals surface area contributed by atoms with Crippen LogP contribution in [0.5, 0.6) is 0 Å². The maximum atomic E-state index is 12.2. The number of rotatable bonds is 10. The van der Waals surface area contributed by atoms with Gasteiger partial charge in [0.15, 0.2) is 0 Å². The van der Waals surface area contributed by atoms with Crippen molar-refractivity contribution in [2.75, 3.05) is 13.2 Å². The Morgan fingerprint density at radius 1 is 0.941 bits per heavy atom. The maximum absolute atomic E-state index is 12.2. The van der Waals surface area contributed by atoms with Gasteiger partial charge in [-0.15, -0.1) is 0 Å². The van der Waals surface area contributed by atoms with Crippen molar-refractivity contribution < 1.29 is 24.2 Å². The summed E-state index contributed by atoms with van der Waals surface area (Å²) in [6.07, 6.45) is 3.97. The number of hydrogen-bond acceptors (Lipinski definition) is 4. The average molecular weight is 465 g/mol. The number of ether oxygens (including phenoxy) is 1. The van der Waals surface area contributed by atoms with E-state index >= 15 is 0 Å². The van der Waals surface area contributed by atoms with Crippen molar-refractivity contribution in [3.63, 3.8) is 0 Å². The van der Waals surface area contributed by atoms with Crippen molar-refractivity contribution in [2.45, 2.75) is 56.9 Å². The molecule has 0 aliphatic heterocycles. The third-order valence-corrected chi connectivity index (χ3v) is 6.89. The molecular weight excluding hydrogens is 432 g/mol. The number of amides is 2. The number of carbonyl (C=O) groups excluding carboxylic acids is 2. The standard InChI is InChI=1S/C27H32N2O5/c30-25(29-24-13-7-8-18(24)16-26(31)32)14-5-6-15-28-27(33)34-17-23-21-11-3-1-9-19(21)20-10-2-4-12-22(20)23/h1-4,9-12,18,23-24H,5-8,13-17H2,(H,28,33)(H,29,30)(H,31,32)/t18-,24+/m0/s1. The zero-order chi connectivity index (χ0) is 23.9.